The molecule has 6 nitrogen and oxygen atoms in total. The van der Waals surface area contributed by atoms with E-state index in [9.17, 15) is 4.39 Å². The summed E-state index contributed by atoms with van der Waals surface area (Å²) in [5, 5.41) is 3.39. The number of halogens is 1. The quantitative estimate of drug-likeness (QED) is 0.619. The van der Waals surface area contributed by atoms with Crippen molar-refractivity contribution < 1.29 is 9.13 Å². The van der Waals surface area contributed by atoms with Crippen molar-refractivity contribution in [1.29, 1.82) is 0 Å². The van der Waals surface area contributed by atoms with Crippen LogP contribution in [0.5, 0.6) is 0 Å². The zero-order valence-corrected chi connectivity index (χ0v) is 17.6. The van der Waals surface area contributed by atoms with E-state index in [0.29, 0.717) is 25.4 Å². The van der Waals surface area contributed by atoms with Crippen LogP contribution in [-0.2, 0) is 11.3 Å². The summed E-state index contributed by atoms with van der Waals surface area (Å²) >= 11 is 0. The molecule has 0 saturated carbocycles. The number of rotatable bonds is 4. The zero-order chi connectivity index (χ0) is 20.8. The number of hydrogen-bond acceptors (Lipinski definition) is 4. The molecule has 0 radical (unpaired) electrons. The van der Waals surface area contributed by atoms with Crippen LogP contribution in [0.4, 0.5) is 15.8 Å². The molecule has 0 bridgehead atoms. The summed E-state index contributed by atoms with van der Waals surface area (Å²) < 4.78 is 20.0. The second-order valence-electron chi connectivity index (χ2n) is 7.60. The highest BCUT2D eigenvalue weighted by Crippen LogP contribution is 2.22. The fraction of sp³-hybridized carbons (Fsp3) is 0.435. The monoisotopic (exact) mass is 411 g/mol. The average molecular weight is 412 g/mol. The summed E-state index contributed by atoms with van der Waals surface area (Å²) in [5.41, 5.74) is 2.83. The van der Waals surface area contributed by atoms with Crippen molar-refractivity contribution in [3.05, 3.63) is 59.9 Å². The molecule has 2 aliphatic rings. The van der Waals surface area contributed by atoms with Gasteiger partial charge >= 0.3 is 0 Å². The summed E-state index contributed by atoms with van der Waals surface area (Å²) in [7, 11) is 1.80. The van der Waals surface area contributed by atoms with Crippen LogP contribution < -0.4 is 15.1 Å². The maximum absolute atomic E-state index is 14.6. The minimum absolute atomic E-state index is 0.178. The van der Waals surface area contributed by atoms with Crippen molar-refractivity contribution in [2.24, 2.45) is 4.99 Å². The Hall–Kier alpha value is -2.80. The molecule has 7 heteroatoms. The summed E-state index contributed by atoms with van der Waals surface area (Å²) in [5.74, 6) is 0.683. The summed E-state index contributed by atoms with van der Waals surface area (Å²) in [6.45, 7) is 7.02. The Balaban J connectivity index is 1.31. The van der Waals surface area contributed by atoms with Crippen LogP contribution in [0.15, 0.2) is 53.5 Å². The largest absolute Gasteiger partial charge is 0.378 e. The Morgan fingerprint density at radius 2 is 1.70 bits per heavy atom. The third-order valence-corrected chi connectivity index (χ3v) is 5.73. The standard InChI is InChI=1S/C23H30FN5O/c1-25-23(29-11-9-27(10-12-29)20-5-3-2-4-6-20)26-18-19-7-8-22(21(24)17-19)28-13-15-30-16-14-28/h2-8,17H,9-16,18H2,1H3,(H,25,26). The van der Waals surface area contributed by atoms with Crippen LogP contribution in [0.3, 0.4) is 0 Å². The van der Waals surface area contributed by atoms with Crippen LogP contribution in [0.25, 0.3) is 0 Å². The van der Waals surface area contributed by atoms with Crippen LogP contribution >= 0.6 is 0 Å². The molecule has 0 spiro atoms. The van der Waals surface area contributed by atoms with Gasteiger partial charge in [-0.3, -0.25) is 4.99 Å². The number of nitrogens with zero attached hydrogens (tertiary/aromatic N) is 4. The summed E-state index contributed by atoms with van der Waals surface area (Å²) in [6.07, 6.45) is 0. The Bertz CT molecular complexity index is 846. The summed E-state index contributed by atoms with van der Waals surface area (Å²) in [4.78, 5) is 11.1. The normalized spacial score (nSPS) is 17.9. The first kappa shape index (κ1) is 20.5. The second kappa shape index (κ2) is 9.80. The molecule has 0 aromatic heterocycles. The van der Waals surface area contributed by atoms with Gasteiger partial charge in [0.05, 0.1) is 18.9 Å². The van der Waals surface area contributed by atoms with Gasteiger partial charge in [0, 0.05) is 58.5 Å². The Labute approximate surface area is 177 Å². The van der Waals surface area contributed by atoms with E-state index in [1.165, 1.54) is 5.69 Å². The van der Waals surface area contributed by atoms with E-state index >= 15 is 0 Å². The molecule has 2 aromatic rings. The molecule has 2 aliphatic heterocycles. The lowest BCUT2D eigenvalue weighted by atomic mass is 10.1. The number of nitrogens with one attached hydrogen (secondary N) is 1. The lowest BCUT2D eigenvalue weighted by Crippen LogP contribution is -2.52. The fourth-order valence-electron chi connectivity index (χ4n) is 4.05. The minimum Gasteiger partial charge on any atom is -0.378 e. The molecule has 160 valence electrons. The Morgan fingerprint density at radius 1 is 0.967 bits per heavy atom. The Kier molecular flexibility index (Phi) is 6.69. The molecule has 2 saturated heterocycles. The molecule has 0 amide bonds. The fourth-order valence-corrected chi connectivity index (χ4v) is 4.05. The number of para-hydroxylation sites is 1. The summed E-state index contributed by atoms with van der Waals surface area (Å²) in [6, 6.07) is 16.0. The van der Waals surface area contributed by atoms with Crippen molar-refractivity contribution in [2.75, 3.05) is 69.3 Å². The van der Waals surface area contributed by atoms with E-state index in [1.54, 1.807) is 13.1 Å². The number of aliphatic imine (C=N–C) groups is 1. The van der Waals surface area contributed by atoms with Gasteiger partial charge in [-0.05, 0) is 29.8 Å². The van der Waals surface area contributed by atoms with Crippen molar-refractivity contribution in [3.8, 4) is 0 Å². The number of hydrogen-bond donors (Lipinski definition) is 1. The number of guanidine groups is 1. The van der Waals surface area contributed by atoms with E-state index < -0.39 is 0 Å². The lowest BCUT2D eigenvalue weighted by molar-refractivity contribution is 0.122. The van der Waals surface area contributed by atoms with Gasteiger partial charge in [0.1, 0.15) is 5.82 Å². The number of ether oxygens (including phenoxy) is 1. The number of anilines is 2. The lowest BCUT2D eigenvalue weighted by Gasteiger charge is -2.37. The zero-order valence-electron chi connectivity index (χ0n) is 17.6. The predicted octanol–water partition coefficient (Wildman–Crippen LogP) is 2.56. The van der Waals surface area contributed by atoms with E-state index in [4.69, 9.17) is 4.74 Å². The first-order valence-corrected chi connectivity index (χ1v) is 10.6. The van der Waals surface area contributed by atoms with Gasteiger partial charge in [0.25, 0.3) is 0 Å². The third kappa shape index (κ3) is 4.84. The van der Waals surface area contributed by atoms with Crippen LogP contribution in [-0.4, -0.2) is 70.4 Å². The molecule has 2 fully saturated rings. The molecule has 0 atom stereocenters. The average Bonchev–Trinajstić information content (AvgIpc) is 2.81. The van der Waals surface area contributed by atoms with Gasteiger partial charge in [-0.25, -0.2) is 4.39 Å². The molecule has 30 heavy (non-hydrogen) atoms. The maximum atomic E-state index is 14.6. The van der Waals surface area contributed by atoms with E-state index in [-0.39, 0.29) is 5.82 Å². The van der Waals surface area contributed by atoms with Gasteiger partial charge in [0.2, 0.25) is 0 Å². The highest BCUT2D eigenvalue weighted by Gasteiger charge is 2.20. The molecule has 0 aliphatic carbocycles. The van der Waals surface area contributed by atoms with E-state index in [0.717, 1.165) is 50.8 Å². The highest BCUT2D eigenvalue weighted by molar-refractivity contribution is 5.80. The molecule has 2 heterocycles. The Morgan fingerprint density at radius 3 is 2.37 bits per heavy atom. The predicted molar refractivity (Wildman–Crippen MR) is 120 cm³/mol. The van der Waals surface area contributed by atoms with Crippen molar-refractivity contribution >= 4 is 17.3 Å². The molecule has 0 unspecified atom stereocenters. The SMILES string of the molecule is CN=C(NCc1ccc(N2CCOCC2)c(F)c1)N1CCN(c2ccccc2)CC1. The van der Waals surface area contributed by atoms with Crippen LogP contribution in [0.2, 0.25) is 0 Å². The maximum Gasteiger partial charge on any atom is 0.194 e. The number of piperazine rings is 1. The van der Waals surface area contributed by atoms with Crippen LogP contribution in [0.1, 0.15) is 5.56 Å². The van der Waals surface area contributed by atoms with Crippen molar-refractivity contribution in [1.82, 2.24) is 10.2 Å². The molecular weight excluding hydrogens is 381 g/mol. The molecule has 1 N–H and O–H groups in total. The highest BCUT2D eigenvalue weighted by atomic mass is 19.1. The van der Waals surface area contributed by atoms with Gasteiger partial charge in [-0.1, -0.05) is 24.3 Å². The first-order chi connectivity index (χ1) is 14.7. The van der Waals surface area contributed by atoms with Gasteiger partial charge in [-0.2, -0.15) is 0 Å². The minimum atomic E-state index is -0.178. The number of benzene rings is 2. The topological polar surface area (TPSA) is 43.3 Å². The van der Waals surface area contributed by atoms with Gasteiger partial charge in [0.15, 0.2) is 5.96 Å². The molecular formula is C23H30FN5O. The second-order valence-corrected chi connectivity index (χ2v) is 7.60. The van der Waals surface area contributed by atoms with E-state index in [2.05, 4.69) is 44.4 Å². The molecule has 2 aromatic carbocycles. The van der Waals surface area contributed by atoms with Crippen molar-refractivity contribution in [2.45, 2.75) is 6.54 Å². The number of morpholine rings is 1. The van der Waals surface area contributed by atoms with Gasteiger partial charge in [-0.15, -0.1) is 0 Å². The third-order valence-electron chi connectivity index (χ3n) is 5.73. The first-order valence-electron chi connectivity index (χ1n) is 10.6. The van der Waals surface area contributed by atoms with Crippen molar-refractivity contribution in [3.63, 3.8) is 0 Å². The van der Waals surface area contributed by atoms with Crippen LogP contribution in [0, 0.1) is 5.82 Å². The van der Waals surface area contributed by atoms with E-state index in [1.807, 2.05) is 23.1 Å². The van der Waals surface area contributed by atoms with Gasteiger partial charge < -0.3 is 24.8 Å². The smallest absolute Gasteiger partial charge is 0.194 e. The molecule has 4 rings (SSSR count).